The Hall–Kier alpha value is -3.19. The second-order valence-electron chi connectivity index (χ2n) is 6.86. The average molecular weight is 468 g/mol. The fraction of sp³-hybridized carbons (Fsp3) is 0.174. The molecule has 154 valence electrons. The van der Waals surface area contributed by atoms with Gasteiger partial charge in [-0.05, 0) is 72.2 Å². The number of carbonyl (C=O) groups excluding carboxylic acids is 2. The third kappa shape index (κ3) is 5.67. The summed E-state index contributed by atoms with van der Waals surface area (Å²) in [6.07, 6.45) is 2.97. The maximum absolute atomic E-state index is 12.8. The van der Waals surface area contributed by atoms with Crippen LogP contribution in [0.5, 0.6) is 0 Å². The molecular weight excluding hydrogens is 446 g/mol. The van der Waals surface area contributed by atoms with E-state index in [0.717, 1.165) is 17.1 Å². The summed E-state index contributed by atoms with van der Waals surface area (Å²) in [6, 6.07) is 18.9. The highest BCUT2D eigenvalue weighted by molar-refractivity contribution is 9.10. The van der Waals surface area contributed by atoms with Gasteiger partial charge in [0.15, 0.2) is 6.61 Å². The first-order valence-electron chi connectivity index (χ1n) is 9.46. The van der Waals surface area contributed by atoms with Gasteiger partial charge in [0.05, 0.1) is 5.56 Å². The SMILES string of the molecule is CC(C)N(C(=O)COC(=O)c1cncc(Br)c1)c1ccc(Nc2ccccc2)cc1. The molecule has 0 aliphatic rings. The second kappa shape index (κ2) is 10.0. The second-order valence-corrected chi connectivity index (χ2v) is 7.78. The van der Waals surface area contributed by atoms with Gasteiger partial charge < -0.3 is 15.0 Å². The Labute approximate surface area is 184 Å². The van der Waals surface area contributed by atoms with E-state index in [1.165, 1.54) is 6.20 Å². The number of nitrogens with one attached hydrogen (secondary N) is 1. The number of hydrogen-bond donors (Lipinski definition) is 1. The van der Waals surface area contributed by atoms with Crippen LogP contribution in [0.25, 0.3) is 0 Å². The number of halogens is 1. The molecule has 0 spiro atoms. The van der Waals surface area contributed by atoms with Crippen LogP contribution in [-0.4, -0.2) is 29.5 Å². The predicted octanol–water partition coefficient (Wildman–Crippen LogP) is 5.19. The standard InChI is InChI=1S/C23H22BrN3O3/c1-16(2)27(22(28)15-30-23(29)17-12-18(24)14-25-13-17)21-10-8-20(9-11-21)26-19-6-4-3-5-7-19/h3-14,16,26H,15H2,1-2H3. The minimum Gasteiger partial charge on any atom is -0.452 e. The fourth-order valence-corrected chi connectivity index (χ4v) is 3.29. The summed E-state index contributed by atoms with van der Waals surface area (Å²) in [5, 5.41) is 3.31. The van der Waals surface area contributed by atoms with Gasteiger partial charge in [0, 0.05) is 40.0 Å². The zero-order valence-corrected chi connectivity index (χ0v) is 18.3. The highest BCUT2D eigenvalue weighted by Gasteiger charge is 2.21. The van der Waals surface area contributed by atoms with Crippen molar-refractivity contribution in [2.24, 2.45) is 0 Å². The van der Waals surface area contributed by atoms with E-state index in [2.05, 4.69) is 26.2 Å². The molecule has 30 heavy (non-hydrogen) atoms. The predicted molar refractivity (Wildman–Crippen MR) is 121 cm³/mol. The molecular formula is C23H22BrN3O3. The average Bonchev–Trinajstić information content (AvgIpc) is 2.74. The van der Waals surface area contributed by atoms with Gasteiger partial charge in [0.1, 0.15) is 0 Å². The lowest BCUT2D eigenvalue weighted by atomic mass is 10.2. The number of nitrogens with zero attached hydrogens (tertiary/aromatic N) is 2. The third-order valence-corrected chi connectivity index (χ3v) is 4.69. The first kappa shape index (κ1) is 21.5. The number of benzene rings is 2. The lowest BCUT2D eigenvalue weighted by molar-refractivity contribution is -0.122. The van der Waals surface area contributed by atoms with E-state index < -0.39 is 5.97 Å². The van der Waals surface area contributed by atoms with Crippen LogP contribution in [0.15, 0.2) is 77.5 Å². The minimum atomic E-state index is -0.594. The molecule has 0 saturated heterocycles. The van der Waals surface area contributed by atoms with E-state index in [-0.39, 0.29) is 24.1 Å². The van der Waals surface area contributed by atoms with Crippen molar-refractivity contribution < 1.29 is 14.3 Å². The molecule has 0 atom stereocenters. The van der Waals surface area contributed by atoms with Gasteiger partial charge in [0.2, 0.25) is 0 Å². The molecule has 1 aromatic heterocycles. The van der Waals surface area contributed by atoms with E-state index in [9.17, 15) is 9.59 Å². The highest BCUT2D eigenvalue weighted by Crippen LogP contribution is 2.23. The molecule has 3 aromatic rings. The van der Waals surface area contributed by atoms with Crippen molar-refractivity contribution in [2.45, 2.75) is 19.9 Å². The summed E-state index contributed by atoms with van der Waals surface area (Å²) >= 11 is 3.26. The van der Waals surface area contributed by atoms with Gasteiger partial charge in [-0.3, -0.25) is 9.78 Å². The number of amides is 1. The molecule has 0 unspecified atom stereocenters. The molecule has 1 heterocycles. The Balaban J connectivity index is 1.65. The van der Waals surface area contributed by atoms with Crippen molar-refractivity contribution in [2.75, 3.05) is 16.8 Å². The van der Waals surface area contributed by atoms with Crippen LogP contribution in [0.1, 0.15) is 24.2 Å². The zero-order valence-electron chi connectivity index (χ0n) is 16.7. The van der Waals surface area contributed by atoms with E-state index in [1.807, 2.05) is 68.4 Å². The summed E-state index contributed by atoms with van der Waals surface area (Å²) < 4.78 is 5.86. The molecule has 7 heteroatoms. The largest absolute Gasteiger partial charge is 0.452 e. The quantitative estimate of drug-likeness (QED) is 0.484. The molecule has 0 fully saturated rings. The molecule has 0 bridgehead atoms. The molecule has 1 N–H and O–H groups in total. The van der Waals surface area contributed by atoms with Crippen molar-refractivity contribution in [3.63, 3.8) is 0 Å². The molecule has 0 aliphatic carbocycles. The van der Waals surface area contributed by atoms with Gasteiger partial charge in [-0.2, -0.15) is 0 Å². The normalized spacial score (nSPS) is 10.5. The number of pyridine rings is 1. The highest BCUT2D eigenvalue weighted by atomic mass is 79.9. The van der Waals surface area contributed by atoms with Crippen LogP contribution in [-0.2, 0) is 9.53 Å². The van der Waals surface area contributed by atoms with Crippen LogP contribution in [0.2, 0.25) is 0 Å². The lowest BCUT2D eigenvalue weighted by Gasteiger charge is -2.27. The monoisotopic (exact) mass is 467 g/mol. The van der Waals surface area contributed by atoms with Gasteiger partial charge in [0.25, 0.3) is 5.91 Å². The lowest BCUT2D eigenvalue weighted by Crippen LogP contribution is -2.39. The fourth-order valence-electron chi connectivity index (χ4n) is 2.93. The minimum absolute atomic E-state index is 0.100. The number of rotatable bonds is 7. The number of para-hydroxylation sites is 1. The number of ether oxygens (including phenoxy) is 1. The Morgan fingerprint density at radius 3 is 2.33 bits per heavy atom. The van der Waals surface area contributed by atoms with Gasteiger partial charge in [-0.25, -0.2) is 4.79 Å². The first-order valence-corrected chi connectivity index (χ1v) is 10.2. The van der Waals surface area contributed by atoms with Gasteiger partial charge >= 0.3 is 5.97 Å². The van der Waals surface area contributed by atoms with Gasteiger partial charge in [-0.1, -0.05) is 18.2 Å². The summed E-state index contributed by atoms with van der Waals surface area (Å²) in [4.78, 5) is 30.5. The molecule has 2 aromatic carbocycles. The number of anilines is 3. The molecule has 0 radical (unpaired) electrons. The summed E-state index contributed by atoms with van der Waals surface area (Å²) in [5.41, 5.74) is 2.91. The Bertz CT molecular complexity index is 1010. The maximum atomic E-state index is 12.8. The molecule has 3 rings (SSSR count). The van der Waals surface area contributed by atoms with Crippen molar-refractivity contribution >= 4 is 44.9 Å². The maximum Gasteiger partial charge on any atom is 0.340 e. The van der Waals surface area contributed by atoms with E-state index in [1.54, 1.807) is 17.2 Å². The van der Waals surface area contributed by atoms with Crippen LogP contribution >= 0.6 is 15.9 Å². The first-order chi connectivity index (χ1) is 14.4. The number of hydrogen-bond acceptors (Lipinski definition) is 5. The Morgan fingerprint density at radius 1 is 1.03 bits per heavy atom. The van der Waals surface area contributed by atoms with Crippen molar-refractivity contribution in [3.05, 3.63) is 83.1 Å². The van der Waals surface area contributed by atoms with Crippen molar-refractivity contribution in [3.8, 4) is 0 Å². The number of esters is 1. The van der Waals surface area contributed by atoms with Crippen molar-refractivity contribution in [1.29, 1.82) is 0 Å². The Morgan fingerprint density at radius 2 is 1.70 bits per heavy atom. The van der Waals surface area contributed by atoms with Crippen molar-refractivity contribution in [1.82, 2.24) is 4.98 Å². The van der Waals surface area contributed by atoms with Crippen LogP contribution < -0.4 is 10.2 Å². The molecule has 0 saturated carbocycles. The number of carbonyl (C=O) groups is 2. The van der Waals surface area contributed by atoms with Gasteiger partial charge in [-0.15, -0.1) is 0 Å². The van der Waals surface area contributed by atoms with Crippen LogP contribution in [0.4, 0.5) is 17.1 Å². The summed E-state index contributed by atoms with van der Waals surface area (Å²) in [7, 11) is 0. The zero-order chi connectivity index (χ0) is 21.5. The van der Waals surface area contributed by atoms with E-state index >= 15 is 0 Å². The summed E-state index contributed by atoms with van der Waals surface area (Å²) in [6.45, 7) is 3.47. The molecule has 6 nitrogen and oxygen atoms in total. The third-order valence-electron chi connectivity index (χ3n) is 4.26. The summed E-state index contributed by atoms with van der Waals surface area (Å²) in [5.74, 6) is -0.895. The van der Waals surface area contributed by atoms with E-state index in [4.69, 9.17) is 4.74 Å². The van der Waals surface area contributed by atoms with E-state index in [0.29, 0.717) is 4.47 Å². The van der Waals surface area contributed by atoms with Crippen LogP contribution in [0.3, 0.4) is 0 Å². The van der Waals surface area contributed by atoms with Crippen LogP contribution in [0, 0.1) is 0 Å². The smallest absolute Gasteiger partial charge is 0.340 e. The number of aromatic nitrogens is 1. The molecule has 1 amide bonds. The Kier molecular flexibility index (Phi) is 7.19. The topological polar surface area (TPSA) is 71.5 Å². The molecule has 0 aliphatic heterocycles.